The van der Waals surface area contributed by atoms with Gasteiger partial charge in [-0.25, -0.2) is 0 Å². The summed E-state index contributed by atoms with van der Waals surface area (Å²) in [5, 5.41) is 25.5. The van der Waals surface area contributed by atoms with Gasteiger partial charge in [0.25, 0.3) is 0 Å². The average Bonchev–Trinajstić information content (AvgIpc) is 2.56. The van der Waals surface area contributed by atoms with E-state index in [2.05, 4.69) is 5.32 Å². The molecule has 0 fully saturated rings. The normalized spacial score (nSPS) is 12.6. The van der Waals surface area contributed by atoms with Crippen molar-refractivity contribution in [1.29, 1.82) is 0 Å². The molecule has 0 spiro atoms. The molecule has 0 N–H and O–H groups in total. The molecule has 0 aromatic heterocycles. The molecule has 2 aromatic carbocycles. The van der Waals surface area contributed by atoms with Gasteiger partial charge in [-0.2, -0.15) is 5.32 Å². The van der Waals surface area contributed by atoms with Gasteiger partial charge in [0.2, 0.25) is 0 Å². The number of carbonyl (C=O) groups excluding carboxylic acids is 2. The van der Waals surface area contributed by atoms with E-state index in [-0.39, 0.29) is 11.1 Å². The van der Waals surface area contributed by atoms with E-state index in [0.29, 0.717) is 0 Å². The summed E-state index contributed by atoms with van der Waals surface area (Å²) in [6, 6.07) is 10.7. The molecule has 2 aromatic rings. The Morgan fingerprint density at radius 1 is 0.720 bits per heavy atom. The molecule has 2 rings (SSSR count). The van der Waals surface area contributed by atoms with Crippen LogP contribution in [0.25, 0.3) is 0 Å². The Balaban J connectivity index is 2.23. The largest absolute Gasteiger partial charge is 0.328 e. The molecule has 9 nitrogen and oxygen atoms in total. The van der Waals surface area contributed by atoms with Crippen molar-refractivity contribution in [2.45, 2.75) is 12.1 Å². The maximum atomic E-state index is 12.1. The van der Waals surface area contributed by atoms with Gasteiger partial charge in [-0.15, -0.1) is 0 Å². The highest BCUT2D eigenvalue weighted by Crippen LogP contribution is 2.20. The van der Waals surface area contributed by atoms with Gasteiger partial charge >= 0.3 is 23.9 Å². The highest BCUT2D eigenvalue weighted by Gasteiger charge is 2.40. The fraction of sp³-hybridized carbons (Fsp3) is 0.125. The minimum atomic E-state index is -1.90. The van der Waals surface area contributed by atoms with Crippen LogP contribution < -0.4 is 5.32 Å². The van der Waals surface area contributed by atoms with Crippen molar-refractivity contribution < 1.29 is 19.4 Å². The first-order valence-electron chi connectivity index (χ1n) is 7.08. The second-order valence-corrected chi connectivity index (χ2v) is 4.99. The molecule has 127 valence electrons. The zero-order valence-electron chi connectivity index (χ0n) is 12.7. The Bertz CT molecular complexity index is 727. The molecule has 25 heavy (non-hydrogen) atoms. The van der Waals surface area contributed by atoms with Crippen molar-refractivity contribution in [3.8, 4) is 0 Å². The lowest BCUT2D eigenvalue weighted by Gasteiger charge is -2.10. The minimum absolute atomic E-state index is 0.0337. The molecular weight excluding hydrogens is 330 g/mol. The van der Waals surface area contributed by atoms with Gasteiger partial charge in [-0.3, -0.25) is 29.8 Å². The fourth-order valence-corrected chi connectivity index (χ4v) is 2.21. The molecular formula is C16H12N3O6. The summed E-state index contributed by atoms with van der Waals surface area (Å²) < 4.78 is 0. The SMILES string of the molecule is O=C([N]C(=O)C(c1ccccc1)[N+](=O)[O-])C(c1ccccc1)[N+](=O)[O-]. The predicted molar refractivity (Wildman–Crippen MR) is 84.5 cm³/mol. The van der Waals surface area contributed by atoms with Crippen LogP contribution in [0.1, 0.15) is 23.2 Å². The molecule has 0 saturated carbocycles. The van der Waals surface area contributed by atoms with Crippen molar-refractivity contribution in [1.82, 2.24) is 5.32 Å². The first kappa shape index (κ1) is 17.7. The topological polar surface area (TPSA) is 135 Å². The number of carbonyl (C=O) groups is 2. The molecule has 0 saturated heterocycles. The zero-order valence-corrected chi connectivity index (χ0v) is 12.7. The smallest absolute Gasteiger partial charge is 0.264 e. The van der Waals surface area contributed by atoms with Gasteiger partial charge in [0.15, 0.2) is 0 Å². The quantitative estimate of drug-likeness (QED) is 0.579. The van der Waals surface area contributed by atoms with E-state index >= 15 is 0 Å². The summed E-state index contributed by atoms with van der Waals surface area (Å²) in [5.74, 6) is -2.71. The van der Waals surface area contributed by atoms with Crippen molar-refractivity contribution >= 4 is 11.8 Å². The van der Waals surface area contributed by atoms with Crippen LogP contribution in [0.4, 0.5) is 0 Å². The molecule has 0 bridgehead atoms. The van der Waals surface area contributed by atoms with Gasteiger partial charge < -0.3 is 0 Å². The van der Waals surface area contributed by atoms with Crippen molar-refractivity contribution in [3.05, 3.63) is 92.0 Å². The van der Waals surface area contributed by atoms with E-state index in [1.165, 1.54) is 48.5 Å². The summed E-state index contributed by atoms with van der Waals surface area (Å²) in [6.45, 7) is 0. The Labute approximate surface area is 141 Å². The van der Waals surface area contributed by atoms with Crippen LogP contribution in [0.2, 0.25) is 0 Å². The number of nitro groups is 2. The lowest BCUT2D eigenvalue weighted by molar-refractivity contribution is -0.516. The number of imide groups is 1. The highest BCUT2D eigenvalue weighted by molar-refractivity contribution is 5.99. The Morgan fingerprint density at radius 3 is 1.32 bits per heavy atom. The lowest BCUT2D eigenvalue weighted by Crippen LogP contribution is -2.37. The maximum absolute atomic E-state index is 12.1. The summed E-state index contributed by atoms with van der Waals surface area (Å²) in [4.78, 5) is 44.8. The van der Waals surface area contributed by atoms with Crippen LogP contribution in [0.5, 0.6) is 0 Å². The van der Waals surface area contributed by atoms with Gasteiger partial charge in [0, 0.05) is 21.0 Å². The van der Waals surface area contributed by atoms with E-state index < -0.39 is 33.7 Å². The van der Waals surface area contributed by atoms with Gasteiger partial charge in [-0.1, -0.05) is 60.7 Å². The van der Waals surface area contributed by atoms with Crippen LogP contribution in [0.3, 0.4) is 0 Å². The predicted octanol–water partition coefficient (Wildman–Crippen LogP) is 1.68. The number of rotatable bonds is 6. The average molecular weight is 342 g/mol. The van der Waals surface area contributed by atoms with Crippen LogP contribution in [-0.4, -0.2) is 21.7 Å². The maximum Gasteiger partial charge on any atom is 0.328 e. The number of hydrogen-bond donors (Lipinski definition) is 0. The Morgan fingerprint density at radius 2 is 1.04 bits per heavy atom. The molecule has 2 atom stereocenters. The van der Waals surface area contributed by atoms with E-state index in [9.17, 15) is 29.8 Å². The van der Waals surface area contributed by atoms with E-state index in [0.717, 1.165) is 0 Å². The van der Waals surface area contributed by atoms with Gasteiger partial charge in [0.05, 0.1) is 0 Å². The van der Waals surface area contributed by atoms with Crippen molar-refractivity contribution in [2.75, 3.05) is 0 Å². The highest BCUT2D eigenvalue weighted by atomic mass is 16.6. The molecule has 9 heteroatoms. The third kappa shape index (κ3) is 4.22. The van der Waals surface area contributed by atoms with E-state index in [1.807, 2.05) is 0 Å². The third-order valence-corrected chi connectivity index (χ3v) is 3.34. The Kier molecular flexibility index (Phi) is 5.51. The molecule has 1 radical (unpaired) electrons. The molecule has 2 unspecified atom stereocenters. The van der Waals surface area contributed by atoms with Gasteiger partial charge in [0.1, 0.15) is 0 Å². The monoisotopic (exact) mass is 342 g/mol. The molecule has 0 aliphatic carbocycles. The van der Waals surface area contributed by atoms with Crippen LogP contribution in [0, 0.1) is 20.2 Å². The molecule has 2 amide bonds. The lowest BCUT2D eigenvalue weighted by atomic mass is 10.1. The zero-order chi connectivity index (χ0) is 18.4. The second kappa shape index (κ2) is 7.77. The number of benzene rings is 2. The van der Waals surface area contributed by atoms with Crippen LogP contribution in [-0.2, 0) is 9.59 Å². The molecule has 0 aliphatic heterocycles. The summed E-state index contributed by atoms with van der Waals surface area (Å²) >= 11 is 0. The van der Waals surface area contributed by atoms with E-state index in [4.69, 9.17) is 0 Å². The minimum Gasteiger partial charge on any atom is -0.264 e. The molecule has 0 heterocycles. The molecule has 0 aliphatic rings. The third-order valence-electron chi connectivity index (χ3n) is 3.34. The first-order valence-corrected chi connectivity index (χ1v) is 7.08. The van der Waals surface area contributed by atoms with Crippen molar-refractivity contribution in [3.63, 3.8) is 0 Å². The van der Waals surface area contributed by atoms with Crippen LogP contribution >= 0.6 is 0 Å². The van der Waals surface area contributed by atoms with E-state index in [1.54, 1.807) is 12.1 Å². The second-order valence-electron chi connectivity index (χ2n) is 4.99. The Hall–Kier alpha value is -3.62. The fourth-order valence-electron chi connectivity index (χ4n) is 2.21. The first-order chi connectivity index (χ1) is 11.9. The van der Waals surface area contributed by atoms with Crippen molar-refractivity contribution in [2.24, 2.45) is 0 Å². The van der Waals surface area contributed by atoms with Gasteiger partial charge in [-0.05, 0) is 0 Å². The summed E-state index contributed by atoms with van der Waals surface area (Å²) in [6.07, 6.45) is 0. The number of amides is 2. The summed E-state index contributed by atoms with van der Waals surface area (Å²) in [7, 11) is 0. The van der Waals surface area contributed by atoms with Crippen LogP contribution in [0.15, 0.2) is 60.7 Å². The number of nitrogens with zero attached hydrogens (tertiary/aromatic N) is 3. The summed E-state index contributed by atoms with van der Waals surface area (Å²) in [5.41, 5.74) is 0.0674. The standard InChI is InChI=1S/C16H12N3O6/c20-15(13(18(22)23)11-7-3-1-4-8-11)17-16(21)14(19(24)25)12-9-5-2-6-10-12/h1-10,13-14H. The number of hydrogen-bond acceptors (Lipinski definition) is 6.